The van der Waals surface area contributed by atoms with Gasteiger partial charge >= 0.3 is 0 Å². The van der Waals surface area contributed by atoms with E-state index in [0.29, 0.717) is 34.0 Å². The van der Waals surface area contributed by atoms with E-state index in [4.69, 9.17) is 18.3 Å². The minimum absolute atomic E-state index is 0. The Morgan fingerprint density at radius 2 is 1.03 bits per heavy atom. The Labute approximate surface area is 531 Å². The maximum Gasteiger partial charge on any atom is 0.135 e. The molecule has 7 heteroatoms. The fourth-order valence-corrected chi connectivity index (χ4v) is 11.9. The molecule has 0 aliphatic carbocycles. The van der Waals surface area contributed by atoms with Crippen molar-refractivity contribution in [1.82, 2.24) is 9.55 Å². The van der Waals surface area contributed by atoms with E-state index in [-0.39, 0.29) is 59.9 Å². The van der Waals surface area contributed by atoms with Gasteiger partial charge in [-0.3, -0.25) is 0 Å². The summed E-state index contributed by atoms with van der Waals surface area (Å²) in [7, 11) is 0. The normalized spacial score (nSPS) is 14.4. The van der Waals surface area contributed by atoms with Crippen molar-refractivity contribution in [2.75, 3.05) is 9.80 Å². The maximum absolute atomic E-state index is 9.19. The first-order chi connectivity index (χ1) is 41.4. The Hall–Kier alpha value is -7.40. The van der Waals surface area contributed by atoms with Crippen LogP contribution in [0.3, 0.4) is 0 Å². The number of aromatic nitrogens is 2. The summed E-state index contributed by atoms with van der Waals surface area (Å²) in [5, 5.41) is 3.63. The number of para-hydroxylation sites is 3. The van der Waals surface area contributed by atoms with Gasteiger partial charge in [0.25, 0.3) is 0 Å². The van der Waals surface area contributed by atoms with E-state index in [2.05, 4.69) is 223 Å². The molecule has 0 N–H and O–H groups in total. The molecule has 0 bridgehead atoms. The minimum Gasteiger partial charge on any atom is -0.509 e. The van der Waals surface area contributed by atoms with Crippen molar-refractivity contribution in [3.8, 4) is 39.6 Å². The molecular weight excluding hydrogens is 1230 g/mol. The van der Waals surface area contributed by atoms with Crippen LogP contribution in [0.15, 0.2) is 156 Å². The molecule has 6 nitrogen and oxygen atoms in total. The molecule has 0 saturated heterocycles. The fourth-order valence-electron chi connectivity index (χ4n) is 11.9. The molecule has 1 aliphatic heterocycles. The first-order valence-corrected chi connectivity index (χ1v) is 30.0. The van der Waals surface area contributed by atoms with Gasteiger partial charge in [-0.15, -0.1) is 42.7 Å². The summed E-state index contributed by atoms with van der Waals surface area (Å²) < 4.78 is 50.2. The molecule has 8 aromatic carbocycles. The summed E-state index contributed by atoms with van der Waals surface area (Å²) in [5.41, 5.74) is 17.0. The van der Waals surface area contributed by atoms with Crippen molar-refractivity contribution >= 4 is 66.5 Å². The van der Waals surface area contributed by atoms with Crippen LogP contribution in [0, 0.1) is 25.7 Å². The molecule has 0 fully saturated rings. The van der Waals surface area contributed by atoms with Crippen LogP contribution in [0.5, 0.6) is 11.5 Å². The van der Waals surface area contributed by atoms with Gasteiger partial charge in [0.2, 0.25) is 0 Å². The van der Waals surface area contributed by atoms with Crippen molar-refractivity contribution in [3.63, 3.8) is 0 Å². The second kappa shape index (κ2) is 21.2. The van der Waals surface area contributed by atoms with Crippen LogP contribution in [0.4, 0.5) is 22.7 Å². The van der Waals surface area contributed by atoms with E-state index in [9.17, 15) is 1.37 Å². The number of anilines is 4. The van der Waals surface area contributed by atoms with Gasteiger partial charge < -0.3 is 23.5 Å². The number of nitrogens with zero attached hydrogens (tertiary/aromatic N) is 4. The zero-order chi connectivity index (χ0) is 64.0. The summed E-state index contributed by atoms with van der Waals surface area (Å²) in [4.78, 5) is 9.39. The van der Waals surface area contributed by atoms with Crippen LogP contribution in [0.25, 0.3) is 71.8 Å². The third kappa shape index (κ3) is 11.0. The van der Waals surface area contributed by atoms with Gasteiger partial charge in [-0.1, -0.05) is 202 Å². The third-order valence-electron chi connectivity index (χ3n) is 17.1. The van der Waals surface area contributed by atoms with Gasteiger partial charge in [-0.25, -0.2) is 4.98 Å². The van der Waals surface area contributed by atoms with Gasteiger partial charge in [-0.2, -0.15) is 12.1 Å². The molecule has 3 aromatic heterocycles. The molecule has 1 aliphatic rings. The van der Waals surface area contributed by atoms with Gasteiger partial charge in [0.1, 0.15) is 17.0 Å². The summed E-state index contributed by atoms with van der Waals surface area (Å²) in [6.45, 7) is 40.3. The van der Waals surface area contributed by atoms with E-state index >= 15 is 0 Å². The zero-order valence-electron chi connectivity index (χ0n) is 57.4. The predicted octanol–water partition coefficient (Wildman–Crippen LogP) is 22.3. The largest absolute Gasteiger partial charge is 0.509 e. The number of hydrogen-bond donors (Lipinski definition) is 0. The number of hydrogen-bond acceptors (Lipinski definition) is 5. The molecule has 0 radical (unpaired) electrons. The van der Waals surface area contributed by atoms with Crippen molar-refractivity contribution < 1.29 is 35.7 Å². The fraction of sp³-hybridized carbons (Fsp3) is 0.316. The smallest absolute Gasteiger partial charge is 0.135 e. The molecule has 444 valence electrons. The molecule has 0 atom stereocenters. The van der Waals surface area contributed by atoms with Crippen molar-refractivity contribution in [2.24, 2.45) is 0 Å². The molecule has 12 rings (SSSR count). The SMILES string of the molecule is [2H]c1nc(-n2c3[c-]c(Oc4[c-]c(N5[CH-]N(c6c(-c7cc(C(C)(C)C)cc(C(C)(C)C)c7)cc(C(C)(C)C)cc6-c6cc(C(C)(C)C)cc(C(C)(C)C)c6)c6ccccc65)ccc4)ccc3c3c4oc5ccccc5c4ccc32)cc(C(C)(C)C)c1C([2H])([2H])[2H].[Pt]. The monoisotopic (exact) mass is 1320 g/mol. The average Bonchev–Trinajstić information content (AvgIpc) is 1.52. The molecule has 11 aromatic rings. The number of furan rings is 1. The summed E-state index contributed by atoms with van der Waals surface area (Å²) in [5.74, 6) is 1.30. The summed E-state index contributed by atoms with van der Waals surface area (Å²) in [6, 6.07) is 59.2. The number of fused-ring (bicyclic) bond motifs is 8. The number of benzene rings is 8. The average molecular weight is 1320 g/mol. The third-order valence-corrected chi connectivity index (χ3v) is 17.1. The molecular formula is C79H83N4O2Pt-3. The maximum atomic E-state index is 9.19. The van der Waals surface area contributed by atoms with Gasteiger partial charge in [0.05, 0.1) is 1.37 Å². The number of ether oxygens (including phenoxy) is 1. The van der Waals surface area contributed by atoms with Gasteiger partial charge in [0.15, 0.2) is 0 Å². The number of rotatable bonds is 7. The van der Waals surface area contributed by atoms with Crippen LogP contribution < -0.4 is 14.5 Å². The van der Waals surface area contributed by atoms with Crippen LogP contribution in [-0.2, 0) is 53.6 Å². The minimum atomic E-state index is -2.55. The van der Waals surface area contributed by atoms with Crippen molar-refractivity contribution in [1.29, 1.82) is 0 Å². The quantitative estimate of drug-likeness (QED) is 0.149. The van der Waals surface area contributed by atoms with Crippen LogP contribution in [-0.4, -0.2) is 9.55 Å². The Morgan fingerprint density at radius 3 is 1.59 bits per heavy atom. The van der Waals surface area contributed by atoms with E-state index < -0.39 is 12.3 Å². The van der Waals surface area contributed by atoms with E-state index in [1.54, 1.807) is 0 Å². The van der Waals surface area contributed by atoms with Crippen LogP contribution in [0.2, 0.25) is 0 Å². The Balaban J connectivity index is 0.00000833. The predicted molar refractivity (Wildman–Crippen MR) is 359 cm³/mol. The summed E-state index contributed by atoms with van der Waals surface area (Å²) in [6.07, 6.45) is -0.298. The topological polar surface area (TPSA) is 46.7 Å². The standard InChI is InChI=1S/C79H83N4O2.Pt/c1-48-46-80-70(45-64(48)79(17,18)19)83-67-34-33-60-59-27-20-23-30-69(59)85-73(60)71(67)61-32-31-58(44-68(61)83)84-57-26-24-25-56(43-57)81-47-82(66-29-22-21-28-65(66)81)72-62(49-35-51(74(2,3)4)39-52(36-49)75(5,6)7)41-55(78(14,15)16)42-63(72)50-37-53(76(8,9)10)40-54(38-50)77(11,12)13;/h20-42,45-47H,1-19H3;/q-3;/i1D3,46D;. The van der Waals surface area contributed by atoms with Gasteiger partial charge in [-0.05, 0) is 143 Å². The molecule has 0 unspecified atom stereocenters. The number of pyridine rings is 1. The first-order valence-electron chi connectivity index (χ1n) is 32.0. The molecule has 0 saturated carbocycles. The molecule has 4 heterocycles. The summed E-state index contributed by atoms with van der Waals surface area (Å²) >= 11 is 0. The second-order valence-corrected chi connectivity index (χ2v) is 29.7. The van der Waals surface area contributed by atoms with E-state index in [1.165, 1.54) is 38.9 Å². The van der Waals surface area contributed by atoms with Crippen molar-refractivity contribution in [3.05, 3.63) is 210 Å². The van der Waals surface area contributed by atoms with Gasteiger partial charge in [0, 0.05) is 87.3 Å². The molecule has 0 spiro atoms. The molecule has 0 amide bonds. The second-order valence-electron chi connectivity index (χ2n) is 29.7. The first kappa shape index (κ1) is 55.2. The Morgan fingerprint density at radius 1 is 0.512 bits per heavy atom. The Kier molecular flexibility index (Phi) is 13.6. The molecule has 86 heavy (non-hydrogen) atoms. The Bertz CT molecular complexity index is 4480. The van der Waals surface area contributed by atoms with E-state index in [1.807, 2.05) is 79.9 Å². The van der Waals surface area contributed by atoms with Crippen LogP contribution >= 0.6 is 0 Å². The van der Waals surface area contributed by atoms with E-state index in [0.717, 1.165) is 66.5 Å². The van der Waals surface area contributed by atoms with Crippen LogP contribution in [0.1, 0.15) is 169 Å². The zero-order valence-corrected chi connectivity index (χ0v) is 55.6. The van der Waals surface area contributed by atoms with Crippen molar-refractivity contribution in [2.45, 2.75) is 164 Å².